The van der Waals surface area contributed by atoms with Gasteiger partial charge in [0, 0.05) is 0 Å². The van der Waals surface area contributed by atoms with Crippen LogP contribution in [0, 0.1) is 5.92 Å². The number of carboxylic acid groups (broad SMARTS) is 1. The van der Waals surface area contributed by atoms with Crippen LogP contribution < -0.4 is 10.0 Å². The molecule has 0 saturated heterocycles. The van der Waals surface area contributed by atoms with Crippen LogP contribution >= 0.6 is 0 Å². The van der Waals surface area contributed by atoms with Gasteiger partial charge in [0.15, 0.2) is 5.76 Å². The first-order chi connectivity index (χ1) is 10.2. The molecule has 1 fully saturated rings. The Kier molecular flexibility index (Phi) is 4.87. The lowest BCUT2D eigenvalue weighted by Crippen LogP contribution is -2.41. The van der Waals surface area contributed by atoms with Crippen LogP contribution in [-0.4, -0.2) is 37.7 Å². The maximum atomic E-state index is 12.0. The predicted molar refractivity (Wildman–Crippen MR) is 76.6 cm³/mol. The van der Waals surface area contributed by atoms with Crippen LogP contribution in [0.4, 0.5) is 0 Å². The van der Waals surface area contributed by atoms with Gasteiger partial charge in [-0.25, -0.2) is 17.9 Å². The lowest BCUT2D eigenvalue weighted by atomic mass is 10.1. The largest absolute Gasteiger partial charge is 0.480 e. The van der Waals surface area contributed by atoms with Crippen molar-refractivity contribution in [2.45, 2.75) is 31.8 Å². The third-order valence-electron chi connectivity index (χ3n) is 3.26. The number of aliphatic carboxylic acids is 1. The van der Waals surface area contributed by atoms with Crippen molar-refractivity contribution in [2.24, 2.45) is 5.92 Å². The molecule has 1 aliphatic carbocycles. The Bertz CT molecular complexity index is 662. The zero-order chi connectivity index (χ0) is 16.3. The second-order valence-electron chi connectivity index (χ2n) is 5.40. The fraction of sp³-hybridized carbons (Fsp3) is 0.538. The molecule has 1 atom stereocenters. The van der Waals surface area contributed by atoms with E-state index in [-0.39, 0.29) is 18.1 Å². The van der Waals surface area contributed by atoms with Gasteiger partial charge in [0.1, 0.15) is 11.8 Å². The second kappa shape index (κ2) is 6.49. The van der Waals surface area contributed by atoms with Crippen LogP contribution in [0.3, 0.4) is 0 Å². The normalized spacial score (nSPS) is 16.2. The van der Waals surface area contributed by atoms with Crippen LogP contribution in [0.1, 0.15) is 35.6 Å². The zero-order valence-electron chi connectivity index (χ0n) is 12.0. The van der Waals surface area contributed by atoms with Gasteiger partial charge in [0.05, 0.1) is 12.8 Å². The molecule has 1 unspecified atom stereocenters. The van der Waals surface area contributed by atoms with E-state index in [0.717, 1.165) is 19.1 Å². The van der Waals surface area contributed by atoms with Crippen molar-refractivity contribution in [2.75, 3.05) is 6.26 Å². The van der Waals surface area contributed by atoms with E-state index in [0.29, 0.717) is 12.3 Å². The van der Waals surface area contributed by atoms with E-state index in [1.54, 1.807) is 0 Å². The van der Waals surface area contributed by atoms with Gasteiger partial charge in [-0.05, 0) is 24.5 Å². The Morgan fingerprint density at radius 2 is 2.09 bits per heavy atom. The quantitative estimate of drug-likeness (QED) is 0.630. The molecule has 1 saturated carbocycles. The Hall–Kier alpha value is -1.87. The highest BCUT2D eigenvalue weighted by Gasteiger charge is 2.30. The summed E-state index contributed by atoms with van der Waals surface area (Å²) in [7, 11) is -3.36. The molecule has 0 bridgehead atoms. The molecule has 122 valence electrons. The smallest absolute Gasteiger partial charge is 0.326 e. The van der Waals surface area contributed by atoms with Gasteiger partial charge in [-0.1, -0.05) is 12.8 Å². The molecule has 22 heavy (non-hydrogen) atoms. The van der Waals surface area contributed by atoms with E-state index in [1.165, 1.54) is 12.1 Å². The monoisotopic (exact) mass is 330 g/mol. The second-order valence-corrected chi connectivity index (χ2v) is 7.24. The maximum absolute atomic E-state index is 12.0. The molecule has 1 aromatic rings. The third kappa shape index (κ3) is 5.15. The minimum atomic E-state index is -3.36. The first kappa shape index (κ1) is 16.5. The topological polar surface area (TPSA) is 126 Å². The molecule has 1 aromatic heterocycles. The van der Waals surface area contributed by atoms with Crippen molar-refractivity contribution in [3.8, 4) is 0 Å². The van der Waals surface area contributed by atoms with Gasteiger partial charge >= 0.3 is 5.97 Å². The van der Waals surface area contributed by atoms with Crippen LogP contribution in [0.5, 0.6) is 0 Å². The zero-order valence-corrected chi connectivity index (χ0v) is 12.9. The summed E-state index contributed by atoms with van der Waals surface area (Å²) in [5.41, 5.74) is 0. The van der Waals surface area contributed by atoms with E-state index in [4.69, 9.17) is 9.52 Å². The first-order valence-corrected chi connectivity index (χ1v) is 8.71. The van der Waals surface area contributed by atoms with Gasteiger partial charge in [0.2, 0.25) is 10.0 Å². The summed E-state index contributed by atoms with van der Waals surface area (Å²) in [4.78, 5) is 23.1. The summed E-state index contributed by atoms with van der Waals surface area (Å²) in [6.07, 6.45) is 3.40. The highest BCUT2D eigenvalue weighted by atomic mass is 32.2. The van der Waals surface area contributed by atoms with Gasteiger partial charge < -0.3 is 14.8 Å². The van der Waals surface area contributed by atoms with Crippen molar-refractivity contribution < 1.29 is 27.5 Å². The summed E-state index contributed by atoms with van der Waals surface area (Å²) in [6, 6.07) is 1.90. The molecule has 3 N–H and O–H groups in total. The number of nitrogens with one attached hydrogen (secondary N) is 2. The molecule has 8 nitrogen and oxygen atoms in total. The predicted octanol–water partition coefficient (Wildman–Crippen LogP) is 0.312. The number of carbonyl (C=O) groups excluding carboxylic acids is 1. The average Bonchev–Trinajstić information content (AvgIpc) is 3.09. The third-order valence-corrected chi connectivity index (χ3v) is 3.93. The summed E-state index contributed by atoms with van der Waals surface area (Å²) in [5.74, 6) is -1.13. The molecule has 0 aromatic carbocycles. The standard InChI is InChI=1S/C13H18N2O6S/c1-22(19,20)14-7-9-4-5-11(21-9)12(16)15-10(13(17)18)6-8-2-3-8/h4-5,8,10,14H,2-3,6-7H2,1H3,(H,15,16)(H,17,18). The molecule has 9 heteroatoms. The molecule has 2 rings (SSSR count). The average molecular weight is 330 g/mol. The molecule has 0 radical (unpaired) electrons. The highest BCUT2D eigenvalue weighted by molar-refractivity contribution is 7.88. The van der Waals surface area contributed by atoms with Crippen molar-refractivity contribution in [1.29, 1.82) is 0 Å². The minimum Gasteiger partial charge on any atom is -0.480 e. The fourth-order valence-corrected chi connectivity index (χ4v) is 2.34. The summed E-state index contributed by atoms with van der Waals surface area (Å²) in [6.45, 7) is -0.0729. The van der Waals surface area contributed by atoms with Crippen molar-refractivity contribution >= 4 is 21.9 Å². The van der Waals surface area contributed by atoms with Crippen LogP contribution in [0.2, 0.25) is 0 Å². The number of sulfonamides is 1. The Morgan fingerprint density at radius 3 is 2.64 bits per heavy atom. The summed E-state index contributed by atoms with van der Waals surface area (Å²) in [5, 5.41) is 11.5. The van der Waals surface area contributed by atoms with Gasteiger partial charge in [-0.15, -0.1) is 0 Å². The van der Waals surface area contributed by atoms with Gasteiger partial charge in [-0.2, -0.15) is 0 Å². The van der Waals surface area contributed by atoms with Crippen LogP contribution in [-0.2, 0) is 21.4 Å². The fourth-order valence-electron chi connectivity index (χ4n) is 1.93. The molecular formula is C13H18N2O6S. The Balaban J connectivity index is 1.93. The number of furan rings is 1. The molecular weight excluding hydrogens is 312 g/mol. The van der Waals surface area contributed by atoms with E-state index in [2.05, 4.69) is 10.0 Å². The van der Waals surface area contributed by atoms with Crippen LogP contribution in [0.25, 0.3) is 0 Å². The van der Waals surface area contributed by atoms with E-state index in [9.17, 15) is 18.0 Å². The van der Waals surface area contributed by atoms with E-state index in [1.807, 2.05) is 0 Å². The number of rotatable bonds is 8. The maximum Gasteiger partial charge on any atom is 0.326 e. The van der Waals surface area contributed by atoms with Crippen molar-refractivity contribution in [1.82, 2.24) is 10.0 Å². The Morgan fingerprint density at radius 1 is 1.41 bits per heavy atom. The number of carbonyl (C=O) groups is 2. The summed E-state index contributed by atoms with van der Waals surface area (Å²) >= 11 is 0. The first-order valence-electron chi connectivity index (χ1n) is 6.81. The lowest BCUT2D eigenvalue weighted by Gasteiger charge is -2.12. The highest BCUT2D eigenvalue weighted by Crippen LogP contribution is 2.33. The SMILES string of the molecule is CS(=O)(=O)NCc1ccc(C(=O)NC(CC2CC2)C(=O)O)o1. The number of carboxylic acids is 1. The number of hydrogen-bond donors (Lipinski definition) is 3. The molecule has 1 heterocycles. The molecule has 1 aliphatic rings. The molecule has 1 amide bonds. The molecule has 0 aliphatic heterocycles. The lowest BCUT2D eigenvalue weighted by molar-refractivity contribution is -0.139. The van der Waals surface area contributed by atoms with Crippen molar-refractivity contribution in [3.63, 3.8) is 0 Å². The minimum absolute atomic E-state index is 0.0488. The molecule has 0 spiro atoms. The number of hydrogen-bond acceptors (Lipinski definition) is 5. The number of amides is 1. The summed E-state index contributed by atoms with van der Waals surface area (Å²) < 4.78 is 29.4. The van der Waals surface area contributed by atoms with Gasteiger partial charge in [0.25, 0.3) is 5.91 Å². The van der Waals surface area contributed by atoms with Crippen LogP contribution in [0.15, 0.2) is 16.5 Å². The van der Waals surface area contributed by atoms with E-state index >= 15 is 0 Å². The van der Waals surface area contributed by atoms with Crippen molar-refractivity contribution in [3.05, 3.63) is 23.7 Å². The Labute approximate surface area is 127 Å². The van der Waals surface area contributed by atoms with E-state index < -0.39 is 27.9 Å². The van der Waals surface area contributed by atoms with Gasteiger partial charge in [-0.3, -0.25) is 4.79 Å².